The lowest BCUT2D eigenvalue weighted by Crippen LogP contribution is -2.28. The summed E-state index contributed by atoms with van der Waals surface area (Å²) in [6.07, 6.45) is 0.858. The number of nitrogens with one attached hydrogen (secondary N) is 1. The molecule has 0 fully saturated rings. The fraction of sp³-hybridized carbons (Fsp3) is 0.417. The Morgan fingerprint density at radius 2 is 2.12 bits per heavy atom. The van der Waals surface area contributed by atoms with Crippen LogP contribution in [0.1, 0.15) is 32.8 Å². The summed E-state index contributed by atoms with van der Waals surface area (Å²) in [6, 6.07) is 5.26. The minimum atomic E-state index is -0.297. The van der Waals surface area contributed by atoms with Gasteiger partial charge < -0.3 is 10.5 Å². The molecule has 0 atom stereocenters. The number of hydrogen-bond donors (Lipinski definition) is 2. The summed E-state index contributed by atoms with van der Waals surface area (Å²) in [5, 5.41) is 7.94. The van der Waals surface area contributed by atoms with Crippen molar-refractivity contribution < 1.29 is 4.74 Å². The number of amidine groups is 1. The average molecular weight is 241 g/mol. The van der Waals surface area contributed by atoms with Crippen LogP contribution in [-0.4, -0.2) is 11.4 Å². The standard InChI is InChI=1S/C12H17ClN2O/c1-4-12(2,3)16-9-7-5-6-8(13)10(9)11(14)15/h5-7H,4H2,1-3H3,(H3,14,15). The zero-order chi connectivity index (χ0) is 12.3. The Balaban J connectivity index is 3.14. The predicted octanol–water partition coefficient (Wildman–Crippen LogP) is 3.19. The molecule has 0 heterocycles. The highest BCUT2D eigenvalue weighted by Gasteiger charge is 2.20. The Kier molecular flexibility index (Phi) is 3.81. The van der Waals surface area contributed by atoms with E-state index < -0.39 is 0 Å². The van der Waals surface area contributed by atoms with Crippen LogP contribution in [0.25, 0.3) is 0 Å². The maximum absolute atomic E-state index is 7.50. The molecular weight excluding hydrogens is 224 g/mol. The smallest absolute Gasteiger partial charge is 0.132 e. The Morgan fingerprint density at radius 1 is 1.50 bits per heavy atom. The second-order valence-corrected chi connectivity index (χ2v) is 4.65. The van der Waals surface area contributed by atoms with Crippen LogP contribution in [0.5, 0.6) is 5.75 Å². The first-order chi connectivity index (χ1) is 7.37. The van der Waals surface area contributed by atoms with Gasteiger partial charge in [0.05, 0.1) is 10.6 Å². The van der Waals surface area contributed by atoms with Crippen LogP contribution < -0.4 is 10.5 Å². The van der Waals surface area contributed by atoms with E-state index in [0.29, 0.717) is 16.3 Å². The Hall–Kier alpha value is -1.22. The average Bonchev–Trinajstić information content (AvgIpc) is 2.16. The van der Waals surface area contributed by atoms with Crippen molar-refractivity contribution in [3.05, 3.63) is 28.8 Å². The molecule has 88 valence electrons. The van der Waals surface area contributed by atoms with Crippen molar-refractivity contribution >= 4 is 17.4 Å². The normalized spacial score (nSPS) is 11.2. The van der Waals surface area contributed by atoms with Crippen molar-refractivity contribution in [1.82, 2.24) is 0 Å². The maximum atomic E-state index is 7.50. The zero-order valence-electron chi connectivity index (χ0n) is 9.80. The van der Waals surface area contributed by atoms with Crippen molar-refractivity contribution in [2.75, 3.05) is 0 Å². The van der Waals surface area contributed by atoms with E-state index in [1.54, 1.807) is 18.2 Å². The van der Waals surface area contributed by atoms with Gasteiger partial charge in [0, 0.05) is 0 Å². The van der Waals surface area contributed by atoms with E-state index in [2.05, 4.69) is 0 Å². The number of benzene rings is 1. The molecule has 1 aromatic rings. The molecule has 0 saturated heterocycles. The predicted molar refractivity (Wildman–Crippen MR) is 67.5 cm³/mol. The molecule has 0 bridgehead atoms. The Labute approximate surface area is 101 Å². The molecule has 3 nitrogen and oxygen atoms in total. The van der Waals surface area contributed by atoms with Gasteiger partial charge in [-0.25, -0.2) is 0 Å². The molecule has 1 rings (SSSR count). The lowest BCUT2D eigenvalue weighted by molar-refractivity contribution is 0.105. The van der Waals surface area contributed by atoms with Gasteiger partial charge in [-0.3, -0.25) is 5.41 Å². The molecule has 0 unspecified atom stereocenters. The topological polar surface area (TPSA) is 59.1 Å². The van der Waals surface area contributed by atoms with E-state index in [-0.39, 0.29) is 11.4 Å². The number of nitrogens with two attached hydrogens (primary N) is 1. The van der Waals surface area contributed by atoms with E-state index in [9.17, 15) is 0 Å². The van der Waals surface area contributed by atoms with Crippen LogP contribution in [-0.2, 0) is 0 Å². The SMILES string of the molecule is CCC(C)(C)Oc1cccc(Cl)c1C(=N)N. The van der Waals surface area contributed by atoms with Crippen LogP contribution in [0.2, 0.25) is 5.02 Å². The van der Waals surface area contributed by atoms with Gasteiger partial charge in [-0.2, -0.15) is 0 Å². The van der Waals surface area contributed by atoms with Gasteiger partial charge in [-0.15, -0.1) is 0 Å². The van der Waals surface area contributed by atoms with Gasteiger partial charge in [0.25, 0.3) is 0 Å². The molecule has 3 N–H and O–H groups in total. The third-order valence-corrected chi connectivity index (χ3v) is 2.80. The van der Waals surface area contributed by atoms with Crippen LogP contribution in [0, 0.1) is 5.41 Å². The van der Waals surface area contributed by atoms with Crippen LogP contribution in [0.3, 0.4) is 0 Å². The van der Waals surface area contributed by atoms with Crippen molar-refractivity contribution in [3.8, 4) is 5.75 Å². The molecule has 16 heavy (non-hydrogen) atoms. The number of rotatable bonds is 4. The number of hydrogen-bond acceptors (Lipinski definition) is 2. The lowest BCUT2D eigenvalue weighted by Gasteiger charge is -2.26. The fourth-order valence-electron chi connectivity index (χ4n) is 1.22. The molecule has 0 radical (unpaired) electrons. The summed E-state index contributed by atoms with van der Waals surface area (Å²) in [5.41, 5.74) is 5.66. The summed E-state index contributed by atoms with van der Waals surface area (Å²) in [6.45, 7) is 6.01. The minimum Gasteiger partial charge on any atom is -0.487 e. The summed E-state index contributed by atoms with van der Waals surface area (Å²) in [4.78, 5) is 0. The molecule has 0 aliphatic carbocycles. The highest BCUT2D eigenvalue weighted by molar-refractivity contribution is 6.34. The van der Waals surface area contributed by atoms with Crippen molar-refractivity contribution in [1.29, 1.82) is 5.41 Å². The highest BCUT2D eigenvalue weighted by atomic mass is 35.5. The third kappa shape index (κ3) is 2.89. The van der Waals surface area contributed by atoms with Crippen molar-refractivity contribution in [2.45, 2.75) is 32.8 Å². The molecule has 0 aliphatic rings. The number of nitrogen functional groups attached to an aromatic ring is 1. The zero-order valence-corrected chi connectivity index (χ0v) is 10.6. The second kappa shape index (κ2) is 4.74. The van der Waals surface area contributed by atoms with Crippen LogP contribution >= 0.6 is 11.6 Å². The van der Waals surface area contributed by atoms with Crippen molar-refractivity contribution in [3.63, 3.8) is 0 Å². The van der Waals surface area contributed by atoms with Gasteiger partial charge in [-0.05, 0) is 32.4 Å². The highest BCUT2D eigenvalue weighted by Crippen LogP contribution is 2.29. The maximum Gasteiger partial charge on any atom is 0.132 e. The first-order valence-corrected chi connectivity index (χ1v) is 5.57. The van der Waals surface area contributed by atoms with E-state index in [1.807, 2.05) is 20.8 Å². The van der Waals surface area contributed by atoms with Crippen LogP contribution in [0.15, 0.2) is 18.2 Å². The first-order valence-electron chi connectivity index (χ1n) is 5.19. The summed E-state index contributed by atoms with van der Waals surface area (Å²) in [7, 11) is 0. The Morgan fingerprint density at radius 3 is 2.62 bits per heavy atom. The fourth-order valence-corrected chi connectivity index (χ4v) is 1.49. The molecule has 4 heteroatoms. The van der Waals surface area contributed by atoms with E-state index in [4.69, 9.17) is 27.5 Å². The third-order valence-electron chi connectivity index (χ3n) is 2.48. The van der Waals surface area contributed by atoms with Gasteiger partial charge in [-0.1, -0.05) is 24.6 Å². The number of ether oxygens (including phenoxy) is 1. The monoisotopic (exact) mass is 240 g/mol. The number of halogens is 1. The lowest BCUT2D eigenvalue weighted by atomic mass is 10.1. The molecule has 0 amide bonds. The quantitative estimate of drug-likeness (QED) is 0.627. The van der Waals surface area contributed by atoms with Gasteiger partial charge in [0.15, 0.2) is 0 Å². The van der Waals surface area contributed by atoms with Gasteiger partial charge >= 0.3 is 0 Å². The molecule has 0 aliphatic heterocycles. The molecule has 0 aromatic heterocycles. The Bertz CT molecular complexity index is 402. The van der Waals surface area contributed by atoms with Gasteiger partial charge in [0.2, 0.25) is 0 Å². The van der Waals surface area contributed by atoms with Crippen LogP contribution in [0.4, 0.5) is 0 Å². The first kappa shape index (κ1) is 12.8. The second-order valence-electron chi connectivity index (χ2n) is 4.24. The molecule has 0 saturated carbocycles. The minimum absolute atomic E-state index is 0.0764. The molecule has 0 spiro atoms. The van der Waals surface area contributed by atoms with Gasteiger partial charge in [0.1, 0.15) is 17.2 Å². The molecular formula is C12H17ClN2O. The molecule has 1 aromatic carbocycles. The van der Waals surface area contributed by atoms with E-state index in [1.165, 1.54) is 0 Å². The largest absolute Gasteiger partial charge is 0.487 e. The summed E-state index contributed by atoms with van der Waals surface area (Å²) >= 11 is 6.00. The van der Waals surface area contributed by atoms with E-state index >= 15 is 0 Å². The van der Waals surface area contributed by atoms with Crippen molar-refractivity contribution in [2.24, 2.45) is 5.73 Å². The summed E-state index contributed by atoms with van der Waals surface area (Å²) < 4.78 is 5.82. The van der Waals surface area contributed by atoms with E-state index in [0.717, 1.165) is 6.42 Å². The summed E-state index contributed by atoms with van der Waals surface area (Å²) in [5.74, 6) is 0.486.